The molecule has 2 N–H and O–H groups in total. The summed E-state index contributed by atoms with van der Waals surface area (Å²) in [4.78, 5) is 24.0. The van der Waals surface area contributed by atoms with Crippen LogP contribution in [0.15, 0.2) is 29.1 Å². The average molecular weight is 411 g/mol. The minimum absolute atomic E-state index is 0.0966. The number of amides is 2. The summed E-state index contributed by atoms with van der Waals surface area (Å²) in [6.07, 6.45) is -0.485. The number of halogens is 3. The molecule has 3 rings (SSSR count). The predicted molar refractivity (Wildman–Crippen MR) is 101 cm³/mol. The number of aryl methyl sites for hydroxylation is 2. The smallest absolute Gasteiger partial charge is 0.338 e. The maximum atomic E-state index is 12.5. The van der Waals surface area contributed by atoms with Gasteiger partial charge in [0.15, 0.2) is 0 Å². The molecule has 29 heavy (non-hydrogen) atoms. The lowest BCUT2D eigenvalue weighted by Crippen LogP contribution is -2.37. The molecule has 1 aromatic heterocycles. The highest BCUT2D eigenvalue weighted by atomic mass is 19.4. The molecule has 7 nitrogen and oxygen atoms in total. The zero-order valence-corrected chi connectivity index (χ0v) is 16.0. The highest BCUT2D eigenvalue weighted by Gasteiger charge is 2.29. The normalized spacial score (nSPS) is 13.8. The van der Waals surface area contributed by atoms with E-state index in [4.69, 9.17) is 0 Å². The van der Waals surface area contributed by atoms with Crippen LogP contribution in [0.2, 0.25) is 0 Å². The number of urea groups is 1. The maximum absolute atomic E-state index is 12.5. The second-order valence-electron chi connectivity index (χ2n) is 7.01. The molecule has 0 fully saturated rings. The fraction of sp³-hybridized carbons (Fsp3) is 0.526. The number of carbonyl (C=O) groups excluding carboxylic acids is 1. The van der Waals surface area contributed by atoms with Crippen molar-refractivity contribution in [2.45, 2.75) is 51.4 Å². The molecule has 0 spiro atoms. The van der Waals surface area contributed by atoms with Crippen molar-refractivity contribution < 1.29 is 18.0 Å². The van der Waals surface area contributed by atoms with E-state index < -0.39 is 11.7 Å². The molecule has 10 heteroatoms. The molecule has 0 radical (unpaired) electrons. The SMILES string of the molecule is O=C(NCCCn1nc2n(c1=O)CCCC2)NCCc1ccc(C(F)(F)F)cc1. The maximum Gasteiger partial charge on any atom is 0.416 e. The van der Waals surface area contributed by atoms with Crippen LogP contribution in [0.5, 0.6) is 0 Å². The molecule has 0 bridgehead atoms. The van der Waals surface area contributed by atoms with Crippen molar-refractivity contribution in [1.82, 2.24) is 25.0 Å². The van der Waals surface area contributed by atoms with Crippen molar-refractivity contribution in [3.63, 3.8) is 0 Å². The van der Waals surface area contributed by atoms with Gasteiger partial charge in [0.25, 0.3) is 0 Å². The van der Waals surface area contributed by atoms with Gasteiger partial charge in [0.2, 0.25) is 0 Å². The summed E-state index contributed by atoms with van der Waals surface area (Å²) >= 11 is 0. The molecule has 0 atom stereocenters. The van der Waals surface area contributed by atoms with Gasteiger partial charge in [0.1, 0.15) is 5.82 Å². The van der Waals surface area contributed by atoms with E-state index in [9.17, 15) is 22.8 Å². The summed E-state index contributed by atoms with van der Waals surface area (Å²) in [7, 11) is 0. The lowest BCUT2D eigenvalue weighted by Gasteiger charge is -2.09. The Morgan fingerprint density at radius 3 is 2.52 bits per heavy atom. The first-order valence-corrected chi connectivity index (χ1v) is 9.69. The third-order valence-electron chi connectivity index (χ3n) is 4.84. The molecule has 1 aliphatic heterocycles. The lowest BCUT2D eigenvalue weighted by molar-refractivity contribution is -0.137. The van der Waals surface area contributed by atoms with Gasteiger partial charge >= 0.3 is 17.9 Å². The Kier molecular flexibility index (Phi) is 6.60. The number of hydrogen-bond donors (Lipinski definition) is 2. The summed E-state index contributed by atoms with van der Waals surface area (Å²) in [5, 5.41) is 9.71. The van der Waals surface area contributed by atoms with Gasteiger partial charge in [0.05, 0.1) is 5.56 Å². The fourth-order valence-electron chi connectivity index (χ4n) is 3.27. The van der Waals surface area contributed by atoms with Gasteiger partial charge in [0, 0.05) is 32.6 Å². The molecule has 158 valence electrons. The number of hydrogen-bond acceptors (Lipinski definition) is 3. The standard InChI is InChI=1S/C19H24F3N5O2/c20-19(21,22)15-7-5-14(6-8-15)9-11-24-17(28)23-10-3-13-27-18(29)26-12-2-1-4-16(26)25-27/h5-8H,1-4,9-13H2,(H2,23,24,28). The third-order valence-corrected chi connectivity index (χ3v) is 4.84. The van der Waals surface area contributed by atoms with Crippen molar-refractivity contribution >= 4 is 6.03 Å². The summed E-state index contributed by atoms with van der Waals surface area (Å²) in [6, 6.07) is 4.53. The molecular weight excluding hydrogens is 387 g/mol. The largest absolute Gasteiger partial charge is 0.416 e. The number of benzene rings is 1. The van der Waals surface area contributed by atoms with Gasteiger partial charge in [-0.3, -0.25) is 4.57 Å². The van der Waals surface area contributed by atoms with Crippen LogP contribution in [0.1, 0.15) is 36.2 Å². The van der Waals surface area contributed by atoms with E-state index in [2.05, 4.69) is 15.7 Å². The van der Waals surface area contributed by atoms with Gasteiger partial charge in [-0.1, -0.05) is 12.1 Å². The molecule has 1 aliphatic rings. The number of aromatic nitrogens is 3. The highest BCUT2D eigenvalue weighted by Crippen LogP contribution is 2.29. The Morgan fingerprint density at radius 1 is 1.10 bits per heavy atom. The molecule has 2 amide bonds. The number of rotatable bonds is 7. The predicted octanol–water partition coefficient (Wildman–Crippen LogP) is 2.33. The number of alkyl halides is 3. The topological polar surface area (TPSA) is 81.0 Å². The summed E-state index contributed by atoms with van der Waals surface area (Å²) in [6.45, 7) is 1.85. The van der Waals surface area contributed by atoms with Crippen LogP contribution in [0.4, 0.5) is 18.0 Å². The lowest BCUT2D eigenvalue weighted by atomic mass is 10.1. The first-order valence-electron chi connectivity index (χ1n) is 9.69. The Hall–Kier alpha value is -2.78. The Bertz CT molecular complexity index is 887. The molecule has 0 saturated carbocycles. The number of fused-ring (bicyclic) bond motifs is 1. The zero-order valence-electron chi connectivity index (χ0n) is 16.0. The zero-order chi connectivity index (χ0) is 20.9. The van der Waals surface area contributed by atoms with Crippen molar-refractivity contribution in [1.29, 1.82) is 0 Å². The van der Waals surface area contributed by atoms with Gasteiger partial charge in [-0.05, 0) is 43.4 Å². The third kappa shape index (κ3) is 5.61. The van der Waals surface area contributed by atoms with Crippen molar-refractivity contribution in [3.05, 3.63) is 51.7 Å². The first kappa shape index (κ1) is 20.9. The molecule has 2 aromatic rings. The molecule has 0 aliphatic carbocycles. The van der Waals surface area contributed by atoms with E-state index >= 15 is 0 Å². The Labute approximate surface area is 165 Å². The van der Waals surface area contributed by atoms with Crippen molar-refractivity contribution in [2.24, 2.45) is 0 Å². The van der Waals surface area contributed by atoms with Crippen LogP contribution in [0.25, 0.3) is 0 Å². The summed E-state index contributed by atoms with van der Waals surface area (Å²) < 4.78 is 40.7. The Morgan fingerprint density at radius 2 is 1.83 bits per heavy atom. The molecule has 0 saturated heterocycles. The van der Waals surface area contributed by atoms with E-state index in [-0.39, 0.29) is 11.7 Å². The van der Waals surface area contributed by atoms with Crippen LogP contribution in [-0.2, 0) is 32.1 Å². The minimum atomic E-state index is -4.35. The molecular formula is C19H24F3N5O2. The van der Waals surface area contributed by atoms with E-state index in [1.807, 2.05) is 0 Å². The van der Waals surface area contributed by atoms with Crippen LogP contribution in [-0.4, -0.2) is 33.5 Å². The average Bonchev–Trinajstić information content (AvgIpc) is 3.01. The fourth-order valence-corrected chi connectivity index (χ4v) is 3.27. The van der Waals surface area contributed by atoms with Crippen LogP contribution in [0, 0.1) is 0 Å². The van der Waals surface area contributed by atoms with Crippen molar-refractivity contribution in [3.8, 4) is 0 Å². The van der Waals surface area contributed by atoms with E-state index in [0.29, 0.717) is 44.6 Å². The minimum Gasteiger partial charge on any atom is -0.338 e. The second kappa shape index (κ2) is 9.15. The van der Waals surface area contributed by atoms with Gasteiger partial charge in [-0.2, -0.15) is 18.3 Å². The quantitative estimate of drug-likeness (QED) is 0.687. The van der Waals surface area contributed by atoms with Crippen molar-refractivity contribution in [2.75, 3.05) is 13.1 Å². The summed E-state index contributed by atoms with van der Waals surface area (Å²) in [5.74, 6) is 0.829. The monoisotopic (exact) mass is 411 g/mol. The van der Waals surface area contributed by atoms with Gasteiger partial charge in [-0.25, -0.2) is 14.3 Å². The van der Waals surface area contributed by atoms with Crippen LogP contribution in [0.3, 0.4) is 0 Å². The van der Waals surface area contributed by atoms with Crippen LogP contribution >= 0.6 is 0 Å². The van der Waals surface area contributed by atoms with Gasteiger partial charge in [-0.15, -0.1) is 0 Å². The molecule has 2 heterocycles. The van der Waals surface area contributed by atoms with E-state index in [0.717, 1.165) is 37.2 Å². The van der Waals surface area contributed by atoms with E-state index in [1.54, 1.807) is 4.57 Å². The second-order valence-corrected chi connectivity index (χ2v) is 7.01. The van der Waals surface area contributed by atoms with E-state index in [1.165, 1.54) is 16.8 Å². The number of carbonyl (C=O) groups is 1. The number of nitrogens with zero attached hydrogens (tertiary/aromatic N) is 3. The number of nitrogens with one attached hydrogen (secondary N) is 2. The summed E-state index contributed by atoms with van der Waals surface area (Å²) in [5.41, 5.74) is -0.0771. The molecule has 0 unspecified atom stereocenters. The Balaban J connectivity index is 1.33. The highest BCUT2D eigenvalue weighted by molar-refractivity contribution is 5.73. The van der Waals surface area contributed by atoms with Crippen LogP contribution < -0.4 is 16.3 Å². The first-order chi connectivity index (χ1) is 13.8. The van der Waals surface area contributed by atoms with Gasteiger partial charge < -0.3 is 10.6 Å². The molecule has 1 aromatic carbocycles.